The van der Waals surface area contributed by atoms with Crippen molar-refractivity contribution in [2.75, 3.05) is 0 Å². The lowest BCUT2D eigenvalue weighted by Crippen LogP contribution is -2.25. The molecule has 1 N–H and O–H groups in total. The molecule has 0 radical (unpaired) electrons. The van der Waals surface area contributed by atoms with Crippen molar-refractivity contribution in [3.63, 3.8) is 0 Å². The Hall–Kier alpha value is -3.61. The average Bonchev–Trinajstić information content (AvgIpc) is 3.43. The molecule has 0 aliphatic heterocycles. The molecule has 1 aromatic carbocycles. The van der Waals surface area contributed by atoms with Crippen LogP contribution in [-0.4, -0.2) is 32.6 Å². The number of hydrogen-bond donors (Lipinski definition) is 1. The third kappa shape index (κ3) is 3.47. The van der Waals surface area contributed by atoms with Crippen LogP contribution in [0.15, 0.2) is 53.1 Å². The summed E-state index contributed by atoms with van der Waals surface area (Å²) in [7, 11) is 0. The largest absolute Gasteiger partial charge is 0.467 e. The van der Waals surface area contributed by atoms with E-state index in [1.165, 1.54) is 0 Å². The number of nitrogens with one attached hydrogen (secondary N) is 1. The number of furan rings is 1. The summed E-state index contributed by atoms with van der Waals surface area (Å²) in [6.07, 6.45) is 0.686. The van der Waals surface area contributed by atoms with Gasteiger partial charge in [-0.05, 0) is 45.0 Å². The molecular weight excluding hydrogens is 370 g/mol. The van der Waals surface area contributed by atoms with Gasteiger partial charge in [-0.2, -0.15) is 5.10 Å². The third-order valence-electron chi connectivity index (χ3n) is 5.05. The van der Waals surface area contributed by atoms with E-state index in [-0.39, 0.29) is 11.5 Å². The molecule has 0 spiro atoms. The van der Waals surface area contributed by atoms with Crippen LogP contribution in [0.5, 0.6) is 0 Å². The van der Waals surface area contributed by atoms with Crippen molar-refractivity contribution < 1.29 is 18.7 Å². The fourth-order valence-electron chi connectivity index (χ4n) is 3.46. The zero-order valence-electron chi connectivity index (χ0n) is 16.4. The van der Waals surface area contributed by atoms with E-state index in [4.69, 9.17) is 9.15 Å². The molecule has 7 heteroatoms. The molecule has 0 bridgehead atoms. The van der Waals surface area contributed by atoms with Gasteiger partial charge < -0.3 is 13.7 Å². The van der Waals surface area contributed by atoms with E-state index in [9.17, 15) is 9.59 Å². The molecule has 7 nitrogen and oxygen atoms in total. The molecule has 0 aliphatic rings. The van der Waals surface area contributed by atoms with Gasteiger partial charge in [0.2, 0.25) is 5.78 Å². The number of hydrogen-bond acceptors (Lipinski definition) is 5. The average molecular weight is 391 g/mol. The minimum Gasteiger partial charge on any atom is -0.467 e. The lowest BCUT2D eigenvalue weighted by Gasteiger charge is -2.12. The van der Waals surface area contributed by atoms with Gasteiger partial charge in [0.1, 0.15) is 5.76 Å². The number of para-hydroxylation sites is 1. The number of benzene rings is 1. The molecule has 3 aromatic heterocycles. The quantitative estimate of drug-likeness (QED) is 0.396. The molecule has 3 heterocycles. The number of rotatable bonds is 6. The number of Topliss-reactive ketones (excluding diaryl/α,β-unsaturated/α-hetero) is 1. The minimum atomic E-state index is -0.935. The van der Waals surface area contributed by atoms with E-state index in [2.05, 4.69) is 10.2 Å². The fraction of sp³-hybridized carbons (Fsp3) is 0.227. The van der Waals surface area contributed by atoms with Crippen LogP contribution in [0, 0.1) is 13.8 Å². The van der Waals surface area contributed by atoms with Gasteiger partial charge >= 0.3 is 5.97 Å². The topological polar surface area (TPSA) is 90.1 Å². The number of H-pyrrole nitrogens is 1. The van der Waals surface area contributed by atoms with Gasteiger partial charge in [-0.1, -0.05) is 18.2 Å². The van der Waals surface area contributed by atoms with Crippen LogP contribution >= 0.6 is 0 Å². The van der Waals surface area contributed by atoms with Gasteiger partial charge in [-0.15, -0.1) is 0 Å². The van der Waals surface area contributed by atoms with Crippen LogP contribution in [-0.2, 0) is 11.3 Å². The van der Waals surface area contributed by atoms with Crippen molar-refractivity contribution in [2.45, 2.75) is 33.4 Å². The number of aromatic nitrogens is 3. The third-order valence-corrected chi connectivity index (χ3v) is 5.05. The highest BCUT2D eigenvalue weighted by Gasteiger charge is 2.26. The molecule has 0 amide bonds. The number of aryl methyl sites for hydroxylation is 1. The standard InChI is InChI=1S/C22H21N3O4/c1-13-11-18(14(2)25(13)12-16-7-6-10-28-16)21(26)15(3)29-22(27)20-17-8-4-5-9-19(17)23-24-20/h4-11,15H,12H2,1-3H3,(H,23,24)/t15-/m1/s1. The van der Waals surface area contributed by atoms with E-state index in [0.29, 0.717) is 17.5 Å². The maximum Gasteiger partial charge on any atom is 0.360 e. The predicted molar refractivity (Wildman–Crippen MR) is 107 cm³/mol. The van der Waals surface area contributed by atoms with E-state index >= 15 is 0 Å². The van der Waals surface area contributed by atoms with E-state index in [1.54, 1.807) is 19.3 Å². The number of carbonyl (C=O) groups excluding carboxylic acids is 2. The maximum atomic E-state index is 13.0. The summed E-state index contributed by atoms with van der Waals surface area (Å²) in [6.45, 7) is 5.91. The van der Waals surface area contributed by atoms with Gasteiger partial charge in [-0.25, -0.2) is 4.79 Å². The summed E-state index contributed by atoms with van der Waals surface area (Å²) >= 11 is 0. The Kier molecular flexibility index (Phi) is 4.80. The van der Waals surface area contributed by atoms with Crippen LogP contribution in [0.4, 0.5) is 0 Å². The molecule has 0 saturated heterocycles. The number of nitrogens with zero attached hydrogens (tertiary/aromatic N) is 2. The summed E-state index contributed by atoms with van der Waals surface area (Å²) < 4.78 is 12.8. The van der Waals surface area contributed by atoms with Crippen molar-refractivity contribution in [3.8, 4) is 0 Å². The fourth-order valence-corrected chi connectivity index (χ4v) is 3.46. The monoisotopic (exact) mass is 391 g/mol. The Balaban J connectivity index is 1.53. The van der Waals surface area contributed by atoms with Crippen molar-refractivity contribution in [1.82, 2.24) is 14.8 Å². The first-order valence-corrected chi connectivity index (χ1v) is 9.33. The highest BCUT2D eigenvalue weighted by atomic mass is 16.5. The zero-order chi connectivity index (χ0) is 20.5. The lowest BCUT2D eigenvalue weighted by atomic mass is 10.1. The first kappa shape index (κ1) is 18.7. The SMILES string of the molecule is Cc1cc(C(=O)[C@@H](C)OC(=O)c2n[nH]c3ccccc23)c(C)n1Cc1ccco1. The van der Waals surface area contributed by atoms with Crippen LogP contribution in [0.1, 0.15) is 44.9 Å². The maximum absolute atomic E-state index is 13.0. The lowest BCUT2D eigenvalue weighted by molar-refractivity contribution is 0.0314. The molecule has 0 aliphatic carbocycles. The Morgan fingerprint density at radius 3 is 2.76 bits per heavy atom. The zero-order valence-corrected chi connectivity index (χ0v) is 16.4. The van der Waals surface area contributed by atoms with Gasteiger partial charge in [0.05, 0.1) is 18.3 Å². The van der Waals surface area contributed by atoms with Crippen molar-refractivity contribution in [2.24, 2.45) is 0 Å². The summed E-state index contributed by atoms with van der Waals surface area (Å²) in [5, 5.41) is 7.49. The molecule has 0 saturated carbocycles. The summed E-state index contributed by atoms with van der Waals surface area (Å²) in [4.78, 5) is 25.5. The highest BCUT2D eigenvalue weighted by Crippen LogP contribution is 2.21. The highest BCUT2D eigenvalue weighted by molar-refractivity contribution is 6.05. The Morgan fingerprint density at radius 1 is 1.21 bits per heavy atom. The molecule has 1 atom stereocenters. The van der Waals surface area contributed by atoms with E-state index in [0.717, 1.165) is 22.7 Å². The van der Waals surface area contributed by atoms with E-state index < -0.39 is 12.1 Å². The molecule has 29 heavy (non-hydrogen) atoms. The Bertz CT molecular complexity index is 1180. The molecule has 4 aromatic rings. The summed E-state index contributed by atoms with van der Waals surface area (Å²) in [5.74, 6) is -0.0830. The molecular formula is C22H21N3O4. The molecule has 4 rings (SSSR count). The van der Waals surface area contributed by atoms with Gasteiger partial charge in [-0.3, -0.25) is 9.89 Å². The predicted octanol–water partition coefficient (Wildman–Crippen LogP) is 4.05. The second-order valence-electron chi connectivity index (χ2n) is 6.98. The number of ether oxygens (including phenoxy) is 1. The first-order chi connectivity index (χ1) is 14.0. The van der Waals surface area contributed by atoms with Crippen LogP contribution in [0.3, 0.4) is 0 Å². The van der Waals surface area contributed by atoms with Crippen molar-refractivity contribution in [3.05, 3.63) is 77.1 Å². The second kappa shape index (κ2) is 7.43. The van der Waals surface area contributed by atoms with Gasteiger partial charge in [0.15, 0.2) is 11.8 Å². The number of fused-ring (bicyclic) bond motifs is 1. The van der Waals surface area contributed by atoms with Crippen molar-refractivity contribution in [1.29, 1.82) is 0 Å². The number of aromatic amines is 1. The normalized spacial score (nSPS) is 12.2. The smallest absolute Gasteiger partial charge is 0.360 e. The summed E-state index contributed by atoms with van der Waals surface area (Å²) in [5.41, 5.74) is 3.17. The van der Waals surface area contributed by atoms with Gasteiger partial charge in [0.25, 0.3) is 0 Å². The van der Waals surface area contributed by atoms with Crippen LogP contribution in [0.2, 0.25) is 0 Å². The minimum absolute atomic E-state index is 0.170. The molecule has 0 fully saturated rings. The van der Waals surface area contributed by atoms with Crippen LogP contribution < -0.4 is 0 Å². The second-order valence-corrected chi connectivity index (χ2v) is 6.98. The van der Waals surface area contributed by atoms with Gasteiger partial charge in [0, 0.05) is 22.3 Å². The Labute approximate surface area is 167 Å². The Morgan fingerprint density at radius 2 is 2.00 bits per heavy atom. The number of ketones is 1. The molecule has 0 unspecified atom stereocenters. The number of carbonyl (C=O) groups is 2. The number of esters is 1. The van der Waals surface area contributed by atoms with E-state index in [1.807, 2.05) is 54.8 Å². The van der Waals surface area contributed by atoms with Crippen LogP contribution in [0.25, 0.3) is 10.9 Å². The van der Waals surface area contributed by atoms with Crippen molar-refractivity contribution >= 4 is 22.7 Å². The first-order valence-electron chi connectivity index (χ1n) is 9.33. The molecule has 148 valence electrons. The summed E-state index contributed by atoms with van der Waals surface area (Å²) in [6, 6.07) is 12.8.